The zero-order chi connectivity index (χ0) is 21.4. The molecule has 29 heavy (non-hydrogen) atoms. The van der Waals surface area contributed by atoms with Crippen LogP contribution in [0.5, 0.6) is 5.75 Å². The van der Waals surface area contributed by atoms with Crippen molar-refractivity contribution < 1.29 is 17.5 Å². The van der Waals surface area contributed by atoms with Crippen LogP contribution in [0.2, 0.25) is 0 Å². The van der Waals surface area contributed by atoms with E-state index in [0.717, 1.165) is 17.8 Å². The van der Waals surface area contributed by atoms with Crippen LogP contribution in [0.15, 0.2) is 65.2 Å². The minimum Gasteiger partial charge on any atom is -0.379 e. The van der Waals surface area contributed by atoms with Crippen LogP contribution < -0.4 is 14.4 Å². The molecule has 1 aliphatic heterocycles. The lowest BCUT2D eigenvalue weighted by Crippen LogP contribution is -2.53. The summed E-state index contributed by atoms with van der Waals surface area (Å²) in [5, 5.41) is 14.8. The predicted molar refractivity (Wildman–Crippen MR) is 113 cm³/mol. The molecule has 8 nitrogen and oxygen atoms in total. The van der Waals surface area contributed by atoms with Gasteiger partial charge in [0, 0.05) is 17.8 Å². The van der Waals surface area contributed by atoms with Crippen molar-refractivity contribution >= 4 is 38.8 Å². The van der Waals surface area contributed by atoms with Gasteiger partial charge in [-0.3, -0.25) is 15.0 Å². The third-order valence-corrected chi connectivity index (χ3v) is 5.75. The van der Waals surface area contributed by atoms with Crippen LogP contribution in [0.1, 0.15) is 20.8 Å². The fraction of sp³-hybridized carbons (Fsp3) is 0.211. The lowest BCUT2D eigenvalue weighted by Gasteiger charge is -2.38. The molecule has 1 N–H and O–H groups in total. The lowest BCUT2D eigenvalue weighted by molar-refractivity contribution is -0.387. The molecule has 0 unspecified atom stereocenters. The van der Waals surface area contributed by atoms with Crippen molar-refractivity contribution in [3.8, 4) is 5.75 Å². The molecule has 0 fully saturated rings. The Kier molecular flexibility index (Phi) is 5.33. The number of nitro benzene ring substituents is 1. The summed E-state index contributed by atoms with van der Waals surface area (Å²) in [6.07, 6.45) is 2.00. The van der Waals surface area contributed by atoms with Gasteiger partial charge in [-0.05, 0) is 57.3 Å². The standard InChI is InChI=1S/C19H19N3O5S2/c1-13-12-19(2,3)20-18(28)21(13)14-7-6-8-15(11-14)27-29(25,26)17-10-5-4-9-16(17)22(23)24/h4-12H,1-3H3,(H,20,28). The molecule has 0 radical (unpaired) electrons. The minimum atomic E-state index is -4.41. The third kappa shape index (κ3) is 4.38. The van der Waals surface area contributed by atoms with Gasteiger partial charge in [-0.2, -0.15) is 8.42 Å². The van der Waals surface area contributed by atoms with E-state index in [1.54, 1.807) is 17.0 Å². The molecular weight excluding hydrogens is 414 g/mol. The summed E-state index contributed by atoms with van der Waals surface area (Å²) in [6.45, 7) is 5.87. The fourth-order valence-corrected chi connectivity index (χ4v) is 4.70. The van der Waals surface area contributed by atoms with E-state index >= 15 is 0 Å². The van der Waals surface area contributed by atoms with Gasteiger partial charge in [0.2, 0.25) is 0 Å². The zero-order valence-electron chi connectivity index (χ0n) is 15.9. The van der Waals surface area contributed by atoms with Crippen molar-refractivity contribution in [1.82, 2.24) is 5.32 Å². The van der Waals surface area contributed by atoms with Crippen molar-refractivity contribution in [1.29, 1.82) is 0 Å². The molecule has 0 aromatic heterocycles. The fourth-order valence-electron chi connectivity index (χ4n) is 3.10. The van der Waals surface area contributed by atoms with Crippen LogP contribution >= 0.6 is 12.2 Å². The van der Waals surface area contributed by atoms with E-state index in [4.69, 9.17) is 16.4 Å². The smallest absolute Gasteiger partial charge is 0.346 e. The number of hydrogen-bond donors (Lipinski definition) is 1. The molecule has 2 aromatic rings. The molecule has 0 saturated carbocycles. The first-order valence-electron chi connectivity index (χ1n) is 8.60. The van der Waals surface area contributed by atoms with Crippen molar-refractivity contribution in [3.05, 3.63) is 70.4 Å². The van der Waals surface area contributed by atoms with E-state index in [2.05, 4.69) is 5.32 Å². The van der Waals surface area contributed by atoms with Crippen LogP contribution in [-0.4, -0.2) is 24.0 Å². The molecule has 0 aliphatic carbocycles. The van der Waals surface area contributed by atoms with Crippen LogP contribution in [0.25, 0.3) is 0 Å². The van der Waals surface area contributed by atoms with Crippen LogP contribution in [0, 0.1) is 10.1 Å². The number of nitrogens with zero attached hydrogens (tertiary/aromatic N) is 2. The molecule has 0 spiro atoms. The van der Waals surface area contributed by atoms with E-state index in [-0.39, 0.29) is 11.3 Å². The number of para-hydroxylation sites is 1. The Hall–Kier alpha value is -2.98. The number of benzene rings is 2. The summed E-state index contributed by atoms with van der Waals surface area (Å²) in [4.78, 5) is 11.6. The highest BCUT2D eigenvalue weighted by Gasteiger charge is 2.29. The molecule has 2 aromatic carbocycles. The molecule has 0 atom stereocenters. The van der Waals surface area contributed by atoms with Gasteiger partial charge in [-0.1, -0.05) is 18.2 Å². The molecule has 10 heteroatoms. The summed E-state index contributed by atoms with van der Waals surface area (Å²) in [7, 11) is -4.41. The third-order valence-electron chi connectivity index (χ3n) is 4.17. The summed E-state index contributed by atoms with van der Waals surface area (Å²) in [5.74, 6) is 0.0149. The number of allylic oxidation sites excluding steroid dienone is 1. The molecular formula is C19H19N3O5S2. The second kappa shape index (κ2) is 7.45. The monoisotopic (exact) mass is 433 g/mol. The number of nitrogens with one attached hydrogen (secondary N) is 1. The topological polar surface area (TPSA) is 102 Å². The van der Waals surface area contributed by atoms with Gasteiger partial charge >= 0.3 is 10.1 Å². The van der Waals surface area contributed by atoms with Gasteiger partial charge < -0.3 is 9.50 Å². The second-order valence-electron chi connectivity index (χ2n) is 7.03. The van der Waals surface area contributed by atoms with Crippen molar-refractivity contribution in [2.24, 2.45) is 0 Å². The summed E-state index contributed by atoms with van der Waals surface area (Å²) >= 11 is 5.45. The first-order valence-corrected chi connectivity index (χ1v) is 10.4. The van der Waals surface area contributed by atoms with Gasteiger partial charge in [-0.15, -0.1) is 0 Å². The van der Waals surface area contributed by atoms with Crippen LogP contribution in [0.3, 0.4) is 0 Å². The van der Waals surface area contributed by atoms with Gasteiger partial charge in [0.1, 0.15) is 5.75 Å². The van der Waals surface area contributed by atoms with E-state index in [1.807, 2.05) is 26.8 Å². The molecule has 1 heterocycles. The van der Waals surface area contributed by atoms with E-state index < -0.39 is 25.6 Å². The number of hydrogen-bond acceptors (Lipinski definition) is 6. The first-order chi connectivity index (χ1) is 13.5. The normalized spacial score (nSPS) is 16.0. The molecule has 0 saturated heterocycles. The molecule has 0 bridgehead atoms. The number of thiocarbonyl (C=S) groups is 1. The summed E-state index contributed by atoms with van der Waals surface area (Å²) in [6, 6.07) is 11.4. The van der Waals surface area contributed by atoms with Gasteiger partial charge in [0.05, 0.1) is 16.1 Å². The average Bonchev–Trinajstić information content (AvgIpc) is 2.60. The second-order valence-corrected chi connectivity index (χ2v) is 8.93. The highest BCUT2D eigenvalue weighted by Crippen LogP contribution is 2.31. The molecule has 0 amide bonds. The van der Waals surface area contributed by atoms with E-state index in [9.17, 15) is 18.5 Å². The zero-order valence-corrected chi connectivity index (χ0v) is 17.6. The summed E-state index contributed by atoms with van der Waals surface area (Å²) < 4.78 is 30.5. The number of anilines is 1. The Balaban J connectivity index is 1.95. The molecule has 152 valence electrons. The Morgan fingerprint density at radius 2 is 1.86 bits per heavy atom. The minimum absolute atomic E-state index is 0.0149. The first kappa shape index (κ1) is 20.7. The Labute approximate surface area is 174 Å². The maximum Gasteiger partial charge on any atom is 0.346 e. The van der Waals surface area contributed by atoms with E-state index in [1.165, 1.54) is 24.3 Å². The number of nitro groups is 1. The molecule has 1 aliphatic rings. The maximum atomic E-state index is 12.6. The van der Waals surface area contributed by atoms with Gasteiger partial charge in [0.15, 0.2) is 10.0 Å². The summed E-state index contributed by atoms with van der Waals surface area (Å²) in [5.41, 5.74) is 0.618. The van der Waals surface area contributed by atoms with Gasteiger partial charge in [-0.25, -0.2) is 0 Å². The number of rotatable bonds is 5. The quantitative estimate of drug-likeness (QED) is 0.329. The van der Waals surface area contributed by atoms with Crippen LogP contribution in [0.4, 0.5) is 11.4 Å². The average molecular weight is 434 g/mol. The van der Waals surface area contributed by atoms with Crippen molar-refractivity contribution in [2.75, 3.05) is 4.90 Å². The van der Waals surface area contributed by atoms with Gasteiger partial charge in [0.25, 0.3) is 5.69 Å². The Morgan fingerprint density at radius 3 is 2.52 bits per heavy atom. The van der Waals surface area contributed by atoms with Crippen molar-refractivity contribution in [3.63, 3.8) is 0 Å². The maximum absolute atomic E-state index is 12.6. The SMILES string of the molecule is CC1=CC(C)(C)NC(=S)N1c1cccc(OS(=O)(=O)c2ccccc2[N+](=O)[O-])c1. The van der Waals surface area contributed by atoms with Crippen LogP contribution in [-0.2, 0) is 10.1 Å². The Morgan fingerprint density at radius 1 is 1.17 bits per heavy atom. The Bertz CT molecular complexity index is 1130. The highest BCUT2D eigenvalue weighted by molar-refractivity contribution is 7.87. The lowest BCUT2D eigenvalue weighted by atomic mass is 10.0. The van der Waals surface area contributed by atoms with E-state index in [0.29, 0.717) is 10.8 Å². The largest absolute Gasteiger partial charge is 0.379 e. The van der Waals surface area contributed by atoms with Crippen molar-refractivity contribution in [2.45, 2.75) is 31.2 Å². The predicted octanol–water partition coefficient (Wildman–Crippen LogP) is 3.74. The molecule has 3 rings (SSSR count). The highest BCUT2D eigenvalue weighted by atomic mass is 32.2.